The molecule has 1 aliphatic rings. The largest absolute Gasteiger partial charge is 0.379 e. The molecule has 1 fully saturated rings. The lowest BCUT2D eigenvalue weighted by Crippen LogP contribution is -2.40. The first-order valence-electron chi connectivity index (χ1n) is 8.00. The van der Waals surface area contributed by atoms with Gasteiger partial charge in [0, 0.05) is 24.3 Å². The van der Waals surface area contributed by atoms with Crippen LogP contribution in [0.1, 0.15) is 15.9 Å². The Hall–Kier alpha value is -2.73. The summed E-state index contributed by atoms with van der Waals surface area (Å²) in [5.74, 6) is -0.414. The minimum Gasteiger partial charge on any atom is -0.379 e. The molecule has 0 atom stereocenters. The van der Waals surface area contributed by atoms with E-state index < -0.39 is 15.9 Å². The van der Waals surface area contributed by atoms with E-state index in [9.17, 15) is 13.2 Å². The van der Waals surface area contributed by atoms with Gasteiger partial charge >= 0.3 is 0 Å². The van der Waals surface area contributed by atoms with E-state index in [-0.39, 0.29) is 4.90 Å². The fraction of sp³-hybridized carbons (Fsp3) is 0.222. The van der Waals surface area contributed by atoms with Gasteiger partial charge in [0.05, 0.1) is 29.7 Å². The molecular formula is C18H17N3O4S. The van der Waals surface area contributed by atoms with Crippen molar-refractivity contribution in [2.45, 2.75) is 4.90 Å². The number of amides is 1. The maximum absolute atomic E-state index is 12.7. The van der Waals surface area contributed by atoms with Crippen LogP contribution in [-0.4, -0.2) is 44.9 Å². The third-order valence-corrected chi connectivity index (χ3v) is 5.85. The maximum Gasteiger partial charge on any atom is 0.255 e. The fourth-order valence-corrected chi connectivity index (χ4v) is 4.06. The summed E-state index contributed by atoms with van der Waals surface area (Å²) in [4.78, 5) is 12.5. The van der Waals surface area contributed by atoms with Gasteiger partial charge in [0.1, 0.15) is 0 Å². The number of morpholine rings is 1. The van der Waals surface area contributed by atoms with Crippen molar-refractivity contribution in [3.05, 3.63) is 59.7 Å². The van der Waals surface area contributed by atoms with Crippen molar-refractivity contribution in [2.24, 2.45) is 0 Å². The van der Waals surface area contributed by atoms with Crippen molar-refractivity contribution in [1.82, 2.24) is 4.31 Å². The summed E-state index contributed by atoms with van der Waals surface area (Å²) in [5, 5.41) is 11.6. The highest BCUT2D eigenvalue weighted by Gasteiger charge is 2.26. The first-order chi connectivity index (χ1) is 12.5. The number of hydrogen-bond acceptors (Lipinski definition) is 5. The van der Waals surface area contributed by atoms with Crippen LogP contribution in [0.4, 0.5) is 5.69 Å². The van der Waals surface area contributed by atoms with Crippen molar-refractivity contribution in [3.63, 3.8) is 0 Å². The zero-order valence-corrected chi connectivity index (χ0v) is 14.7. The summed E-state index contributed by atoms with van der Waals surface area (Å²) < 4.78 is 32.0. The Kier molecular flexibility index (Phi) is 5.32. The number of carbonyl (C=O) groups is 1. The molecule has 3 rings (SSSR count). The third-order valence-electron chi connectivity index (χ3n) is 3.95. The molecule has 26 heavy (non-hydrogen) atoms. The normalized spacial score (nSPS) is 15.2. The molecule has 1 aliphatic heterocycles. The second-order valence-corrected chi connectivity index (χ2v) is 7.63. The van der Waals surface area contributed by atoms with Crippen molar-refractivity contribution in [3.8, 4) is 6.07 Å². The average Bonchev–Trinajstić information content (AvgIpc) is 2.69. The van der Waals surface area contributed by atoms with E-state index in [1.165, 1.54) is 22.5 Å². The van der Waals surface area contributed by atoms with Gasteiger partial charge in [-0.25, -0.2) is 8.42 Å². The Morgan fingerprint density at radius 3 is 2.58 bits per heavy atom. The summed E-state index contributed by atoms with van der Waals surface area (Å²) in [6.07, 6.45) is 0. The highest BCUT2D eigenvalue weighted by molar-refractivity contribution is 7.89. The van der Waals surface area contributed by atoms with Gasteiger partial charge in [-0.05, 0) is 36.4 Å². The van der Waals surface area contributed by atoms with E-state index in [0.29, 0.717) is 43.1 Å². The van der Waals surface area contributed by atoms with Crippen LogP contribution in [0.15, 0.2) is 53.4 Å². The van der Waals surface area contributed by atoms with Gasteiger partial charge in [0.2, 0.25) is 10.0 Å². The van der Waals surface area contributed by atoms with Gasteiger partial charge < -0.3 is 10.1 Å². The van der Waals surface area contributed by atoms with Gasteiger partial charge in [-0.2, -0.15) is 9.57 Å². The van der Waals surface area contributed by atoms with Crippen molar-refractivity contribution in [2.75, 3.05) is 31.6 Å². The van der Waals surface area contributed by atoms with Crippen LogP contribution in [0.25, 0.3) is 0 Å². The van der Waals surface area contributed by atoms with Gasteiger partial charge in [0.15, 0.2) is 0 Å². The lowest BCUT2D eigenvalue weighted by molar-refractivity contribution is 0.0730. The predicted molar refractivity (Wildman–Crippen MR) is 95.1 cm³/mol. The molecule has 0 saturated carbocycles. The quantitative estimate of drug-likeness (QED) is 0.884. The number of carbonyl (C=O) groups excluding carboxylic acids is 1. The maximum atomic E-state index is 12.7. The number of benzene rings is 2. The second kappa shape index (κ2) is 7.66. The number of hydrogen-bond donors (Lipinski definition) is 1. The number of nitriles is 1. The van der Waals surface area contributed by atoms with Crippen LogP contribution < -0.4 is 5.32 Å². The molecule has 1 amide bonds. The van der Waals surface area contributed by atoms with Crippen molar-refractivity contribution >= 4 is 21.6 Å². The molecule has 1 heterocycles. The van der Waals surface area contributed by atoms with Crippen molar-refractivity contribution in [1.29, 1.82) is 5.26 Å². The lowest BCUT2D eigenvalue weighted by atomic mass is 10.1. The summed E-state index contributed by atoms with van der Waals surface area (Å²) in [6.45, 7) is 1.34. The first-order valence-corrected chi connectivity index (χ1v) is 9.44. The molecule has 1 saturated heterocycles. The third kappa shape index (κ3) is 3.91. The predicted octanol–water partition coefficient (Wildman–Crippen LogP) is 1.83. The molecule has 134 valence electrons. The highest BCUT2D eigenvalue weighted by Crippen LogP contribution is 2.21. The minimum absolute atomic E-state index is 0.114. The van der Waals surface area contributed by atoms with E-state index in [1.54, 1.807) is 30.3 Å². The number of anilines is 1. The van der Waals surface area contributed by atoms with Gasteiger partial charge in [0.25, 0.3) is 5.91 Å². The van der Waals surface area contributed by atoms with E-state index >= 15 is 0 Å². The van der Waals surface area contributed by atoms with Crippen LogP contribution >= 0.6 is 0 Å². The summed E-state index contributed by atoms with van der Waals surface area (Å²) in [6, 6.07) is 14.4. The molecule has 2 aromatic carbocycles. The Bertz CT molecular complexity index is 960. The average molecular weight is 371 g/mol. The molecule has 1 N–H and O–H groups in total. The minimum atomic E-state index is -3.64. The topological polar surface area (TPSA) is 99.5 Å². The molecule has 0 unspecified atom stereocenters. The fourth-order valence-electron chi connectivity index (χ4n) is 2.60. The number of nitrogens with one attached hydrogen (secondary N) is 1. The standard InChI is InChI=1S/C18H17N3O4S/c19-13-14-3-1-4-15(11-14)18(22)20-16-5-2-6-17(12-16)26(23,24)21-7-9-25-10-8-21/h1-6,11-12H,7-10H2,(H,20,22). The molecular weight excluding hydrogens is 354 g/mol. The Morgan fingerprint density at radius 1 is 1.12 bits per heavy atom. The van der Waals surface area contributed by atoms with Gasteiger partial charge in [-0.1, -0.05) is 12.1 Å². The van der Waals surface area contributed by atoms with Gasteiger partial charge in [-0.3, -0.25) is 4.79 Å². The first kappa shape index (κ1) is 18.1. The molecule has 0 aromatic heterocycles. The summed E-state index contributed by atoms with van der Waals surface area (Å²) in [7, 11) is -3.64. The zero-order valence-electron chi connectivity index (χ0n) is 13.9. The number of ether oxygens (including phenoxy) is 1. The number of sulfonamides is 1. The van der Waals surface area contributed by atoms with Crippen LogP contribution in [0, 0.1) is 11.3 Å². The monoisotopic (exact) mass is 371 g/mol. The number of rotatable bonds is 4. The highest BCUT2D eigenvalue weighted by atomic mass is 32.2. The summed E-state index contributed by atoms with van der Waals surface area (Å²) in [5.41, 5.74) is 1.07. The zero-order chi connectivity index (χ0) is 18.6. The van der Waals surface area contributed by atoms with Crippen LogP contribution in [0.3, 0.4) is 0 Å². The molecule has 0 aliphatic carbocycles. The molecule has 8 heteroatoms. The van der Waals surface area contributed by atoms with E-state index in [4.69, 9.17) is 10.00 Å². The molecule has 7 nitrogen and oxygen atoms in total. The van der Waals surface area contributed by atoms with Crippen molar-refractivity contribution < 1.29 is 17.9 Å². The molecule has 0 spiro atoms. The lowest BCUT2D eigenvalue weighted by Gasteiger charge is -2.26. The Labute approximate surface area is 151 Å². The van der Waals surface area contributed by atoms with E-state index in [2.05, 4.69) is 5.32 Å². The summed E-state index contributed by atoms with van der Waals surface area (Å²) >= 11 is 0. The van der Waals surface area contributed by atoms with E-state index in [1.807, 2.05) is 6.07 Å². The Balaban J connectivity index is 1.81. The van der Waals surface area contributed by atoms with Gasteiger partial charge in [-0.15, -0.1) is 0 Å². The molecule has 2 aromatic rings. The number of nitrogens with zero attached hydrogens (tertiary/aromatic N) is 2. The molecule has 0 radical (unpaired) electrons. The van der Waals surface area contributed by atoms with Crippen LogP contribution in [0.2, 0.25) is 0 Å². The smallest absolute Gasteiger partial charge is 0.255 e. The van der Waals surface area contributed by atoms with Crippen LogP contribution in [0.5, 0.6) is 0 Å². The SMILES string of the molecule is N#Cc1cccc(C(=O)Nc2cccc(S(=O)(=O)N3CCOCC3)c2)c1. The van der Waals surface area contributed by atoms with Crippen LogP contribution in [-0.2, 0) is 14.8 Å². The van der Waals surface area contributed by atoms with E-state index in [0.717, 1.165) is 0 Å². The second-order valence-electron chi connectivity index (χ2n) is 5.69. The molecule has 0 bridgehead atoms. The Morgan fingerprint density at radius 2 is 1.85 bits per heavy atom.